The summed E-state index contributed by atoms with van der Waals surface area (Å²) in [5.41, 5.74) is 3.15. The summed E-state index contributed by atoms with van der Waals surface area (Å²) < 4.78 is 11.4. The second-order valence-electron chi connectivity index (χ2n) is 9.69. The number of piperazine rings is 1. The fourth-order valence-corrected chi connectivity index (χ4v) is 4.64. The fraction of sp³-hybridized carbons (Fsp3) is 0.387. The number of hydrogen-bond acceptors (Lipinski definition) is 6. The van der Waals surface area contributed by atoms with Gasteiger partial charge in [-0.15, -0.1) is 0 Å². The molecule has 0 bridgehead atoms. The lowest BCUT2D eigenvalue weighted by molar-refractivity contribution is -0.133. The number of benzene rings is 2. The van der Waals surface area contributed by atoms with Crippen LogP contribution in [-0.2, 0) is 17.9 Å². The van der Waals surface area contributed by atoms with E-state index >= 15 is 0 Å². The van der Waals surface area contributed by atoms with E-state index in [1.165, 1.54) is 25.2 Å². The number of hydrogen-bond donors (Lipinski definition) is 0. The van der Waals surface area contributed by atoms with Gasteiger partial charge in [0.1, 0.15) is 18.6 Å². The van der Waals surface area contributed by atoms with Crippen molar-refractivity contribution in [2.75, 3.05) is 26.2 Å². The average molecular weight is 514 g/mol. The molecule has 0 atom stereocenters. The van der Waals surface area contributed by atoms with Gasteiger partial charge in [-0.1, -0.05) is 68.7 Å². The van der Waals surface area contributed by atoms with Crippen LogP contribution in [0, 0.1) is 11.3 Å². The van der Waals surface area contributed by atoms with Crippen molar-refractivity contribution >= 4 is 5.91 Å². The minimum absolute atomic E-state index is 0.172. The van der Waals surface area contributed by atoms with Crippen molar-refractivity contribution in [1.29, 1.82) is 5.26 Å². The summed E-state index contributed by atoms with van der Waals surface area (Å²) in [6, 6.07) is 18.9. The molecule has 7 nitrogen and oxygen atoms in total. The maximum Gasteiger partial charge on any atom is 0.227 e. The highest BCUT2D eigenvalue weighted by Crippen LogP contribution is 2.24. The van der Waals surface area contributed by atoms with Gasteiger partial charge in [0, 0.05) is 38.7 Å². The number of nitrogens with zero attached hydrogens (tertiary/aromatic N) is 3. The predicted molar refractivity (Wildman–Crippen MR) is 147 cm³/mol. The Balaban J connectivity index is 1.25. The lowest BCUT2D eigenvalue weighted by atomic mass is 9.99. The summed E-state index contributed by atoms with van der Waals surface area (Å²) in [6.07, 6.45) is 6.45. The van der Waals surface area contributed by atoms with Gasteiger partial charge >= 0.3 is 0 Å². The second-order valence-corrected chi connectivity index (χ2v) is 9.69. The van der Waals surface area contributed by atoms with Gasteiger partial charge in [0.2, 0.25) is 17.1 Å². The highest BCUT2D eigenvalue weighted by Gasteiger charge is 2.21. The van der Waals surface area contributed by atoms with Crippen molar-refractivity contribution in [3.8, 4) is 22.9 Å². The van der Waals surface area contributed by atoms with Gasteiger partial charge < -0.3 is 14.1 Å². The zero-order valence-electron chi connectivity index (χ0n) is 22.0. The van der Waals surface area contributed by atoms with E-state index in [4.69, 9.17) is 9.15 Å². The number of ether oxygens (including phenoxy) is 1. The molecule has 1 fully saturated rings. The summed E-state index contributed by atoms with van der Waals surface area (Å²) in [7, 11) is 0. The minimum atomic E-state index is -0.216. The molecule has 1 aliphatic rings. The molecule has 0 radical (unpaired) electrons. The van der Waals surface area contributed by atoms with Crippen LogP contribution < -0.4 is 10.2 Å². The molecular formula is C31H35N3O4. The topological polar surface area (TPSA) is 86.8 Å². The van der Waals surface area contributed by atoms with Crippen LogP contribution in [0.15, 0.2) is 70.1 Å². The van der Waals surface area contributed by atoms with E-state index in [9.17, 15) is 14.9 Å². The first kappa shape index (κ1) is 27.2. The van der Waals surface area contributed by atoms with E-state index in [2.05, 4.69) is 17.9 Å². The molecule has 0 aliphatic carbocycles. The molecule has 38 heavy (non-hydrogen) atoms. The molecule has 1 aromatic heterocycles. The summed E-state index contributed by atoms with van der Waals surface area (Å²) in [6.45, 7) is 5.87. The lowest BCUT2D eigenvalue weighted by Crippen LogP contribution is -2.48. The second kappa shape index (κ2) is 13.6. The smallest absolute Gasteiger partial charge is 0.227 e. The Morgan fingerprint density at radius 3 is 2.50 bits per heavy atom. The van der Waals surface area contributed by atoms with Gasteiger partial charge in [0.25, 0.3) is 0 Å². The molecule has 0 N–H and O–H groups in total. The third kappa shape index (κ3) is 7.33. The van der Waals surface area contributed by atoms with E-state index in [1.807, 2.05) is 47.4 Å². The van der Waals surface area contributed by atoms with E-state index in [0.717, 1.165) is 42.6 Å². The monoisotopic (exact) mass is 513 g/mol. The number of rotatable bonds is 11. The molecule has 1 saturated heterocycles. The summed E-state index contributed by atoms with van der Waals surface area (Å²) >= 11 is 0. The van der Waals surface area contributed by atoms with Gasteiger partial charge in [0.05, 0.1) is 18.2 Å². The van der Waals surface area contributed by atoms with Crippen LogP contribution in [0.4, 0.5) is 0 Å². The number of carbonyl (C=O) groups is 1. The van der Waals surface area contributed by atoms with Gasteiger partial charge in [-0.25, -0.2) is 0 Å². The van der Waals surface area contributed by atoms with E-state index in [-0.39, 0.29) is 23.7 Å². The zero-order chi connectivity index (χ0) is 26.7. The Labute approximate surface area is 224 Å². The normalized spacial score (nSPS) is 13.7. The molecule has 198 valence electrons. The van der Waals surface area contributed by atoms with Crippen LogP contribution in [0.25, 0.3) is 11.1 Å². The first-order valence-corrected chi connectivity index (χ1v) is 13.4. The largest absolute Gasteiger partial charge is 0.482 e. The van der Waals surface area contributed by atoms with Gasteiger partial charge in [-0.05, 0) is 29.2 Å². The van der Waals surface area contributed by atoms with Crippen LogP contribution in [0.3, 0.4) is 0 Å². The highest BCUT2D eigenvalue weighted by molar-refractivity contribution is 5.76. The van der Waals surface area contributed by atoms with Crippen molar-refractivity contribution in [1.82, 2.24) is 9.80 Å². The quantitative estimate of drug-likeness (QED) is 0.320. The number of amides is 1. The van der Waals surface area contributed by atoms with Gasteiger partial charge in [-0.3, -0.25) is 14.5 Å². The van der Waals surface area contributed by atoms with Gasteiger partial charge in [0.15, 0.2) is 0 Å². The molecule has 1 amide bonds. The van der Waals surface area contributed by atoms with Crippen molar-refractivity contribution in [3.63, 3.8) is 0 Å². The first-order chi connectivity index (χ1) is 18.6. The number of carbonyl (C=O) groups excluding carboxylic acids is 1. The van der Waals surface area contributed by atoms with E-state index < -0.39 is 0 Å². The van der Waals surface area contributed by atoms with E-state index in [0.29, 0.717) is 37.4 Å². The molecule has 0 spiro atoms. The molecule has 7 heteroatoms. The van der Waals surface area contributed by atoms with E-state index in [1.54, 1.807) is 6.07 Å². The average Bonchev–Trinajstić information content (AvgIpc) is 2.95. The highest BCUT2D eigenvalue weighted by atomic mass is 16.5. The lowest BCUT2D eigenvalue weighted by Gasteiger charge is -2.34. The Hall–Kier alpha value is -3.89. The van der Waals surface area contributed by atoms with Crippen molar-refractivity contribution in [2.24, 2.45) is 0 Å². The summed E-state index contributed by atoms with van der Waals surface area (Å²) in [5.74, 6) is 1.00. The third-order valence-electron chi connectivity index (χ3n) is 6.91. The summed E-state index contributed by atoms with van der Waals surface area (Å²) in [4.78, 5) is 29.2. The fourth-order valence-electron chi connectivity index (χ4n) is 4.64. The predicted octanol–water partition coefficient (Wildman–Crippen LogP) is 5.37. The molecule has 0 saturated carbocycles. The zero-order valence-corrected chi connectivity index (χ0v) is 22.0. The minimum Gasteiger partial charge on any atom is -0.482 e. The molecule has 0 unspecified atom stereocenters. The van der Waals surface area contributed by atoms with Crippen LogP contribution in [0.5, 0.6) is 5.75 Å². The van der Waals surface area contributed by atoms with Gasteiger partial charge in [-0.2, -0.15) is 5.26 Å². The van der Waals surface area contributed by atoms with Crippen molar-refractivity contribution < 1.29 is 13.9 Å². The third-order valence-corrected chi connectivity index (χ3v) is 6.91. The van der Waals surface area contributed by atoms with Crippen LogP contribution >= 0.6 is 0 Å². The maximum absolute atomic E-state index is 12.6. The molecule has 2 heterocycles. The molecular weight excluding hydrogens is 478 g/mol. The SMILES string of the molecule is CCCCCCC(=O)N1CCN(Cc2cc(=O)c(OCc3ccc(-c4ccccc4C#N)cc3)co2)CC1. The van der Waals surface area contributed by atoms with Crippen molar-refractivity contribution in [3.05, 3.63) is 88.0 Å². The maximum atomic E-state index is 12.6. The van der Waals surface area contributed by atoms with Crippen LogP contribution in [0.1, 0.15) is 55.9 Å². The molecule has 4 rings (SSSR count). The Bertz CT molecular complexity index is 1300. The molecule has 3 aromatic rings. The first-order valence-electron chi connectivity index (χ1n) is 13.4. The molecule has 2 aromatic carbocycles. The number of nitriles is 1. The Kier molecular flexibility index (Phi) is 9.71. The summed E-state index contributed by atoms with van der Waals surface area (Å²) in [5, 5.41) is 9.33. The molecule has 1 aliphatic heterocycles. The standard InChI is InChI=1S/C31H35N3O4/c1-2-3-4-5-10-31(36)34-17-15-33(16-18-34)21-27-19-29(35)30(23-37-27)38-22-24-11-13-25(14-12-24)28-9-7-6-8-26(28)20-32/h6-9,11-14,19,23H,2-5,10,15-18,21-22H2,1H3. The number of unbranched alkanes of at least 4 members (excludes halogenated alkanes) is 3. The van der Waals surface area contributed by atoms with Crippen LogP contribution in [0.2, 0.25) is 0 Å². The Morgan fingerprint density at radius 2 is 1.79 bits per heavy atom. The Morgan fingerprint density at radius 1 is 1.03 bits per heavy atom. The van der Waals surface area contributed by atoms with Crippen LogP contribution in [-0.4, -0.2) is 41.9 Å². The van der Waals surface area contributed by atoms with Crippen molar-refractivity contribution in [2.45, 2.75) is 52.2 Å².